The van der Waals surface area contributed by atoms with Crippen LogP contribution in [0.5, 0.6) is 0 Å². The van der Waals surface area contributed by atoms with E-state index >= 15 is 0 Å². The maximum absolute atomic E-state index is 9.95. The van der Waals surface area contributed by atoms with Gasteiger partial charge in [0.25, 0.3) is 6.71 Å². The fourth-order valence-electron chi connectivity index (χ4n) is 17.6. The molecule has 81 heavy (non-hydrogen) atoms. The van der Waals surface area contributed by atoms with E-state index in [4.69, 9.17) is 2.74 Å². The minimum absolute atomic E-state index is 0.0385. The number of hydrogen-bond donors (Lipinski definition) is 0. The van der Waals surface area contributed by atoms with Crippen molar-refractivity contribution >= 4 is 95.0 Å². The third-order valence-electron chi connectivity index (χ3n) is 22.8. The van der Waals surface area contributed by atoms with Crippen LogP contribution in [0.2, 0.25) is 0 Å². The van der Waals surface area contributed by atoms with Crippen molar-refractivity contribution in [3.05, 3.63) is 177 Å². The van der Waals surface area contributed by atoms with Crippen LogP contribution >= 0.6 is 11.3 Å². The van der Waals surface area contributed by atoms with Gasteiger partial charge in [0.15, 0.2) is 0 Å². The fourth-order valence-corrected chi connectivity index (χ4v) is 18.9. The van der Waals surface area contributed by atoms with Gasteiger partial charge in [0, 0.05) is 61.1 Å². The number of thiophene rings is 1. The van der Waals surface area contributed by atoms with Crippen LogP contribution in [0.4, 0.5) is 51.2 Å². The first-order valence-corrected chi connectivity index (χ1v) is 31.3. The molecule has 0 saturated heterocycles. The molecular formula is C76H82BN3S. The van der Waals surface area contributed by atoms with Crippen molar-refractivity contribution in [2.75, 3.05) is 14.7 Å². The summed E-state index contributed by atoms with van der Waals surface area (Å²) in [6.45, 7) is 33.9. The molecule has 0 radical (unpaired) electrons. The molecule has 4 bridgehead atoms. The van der Waals surface area contributed by atoms with Gasteiger partial charge in [-0.05, 0) is 234 Å². The summed E-state index contributed by atoms with van der Waals surface area (Å²) < 4.78 is 78.5. The van der Waals surface area contributed by atoms with Crippen LogP contribution in [0.25, 0.3) is 10.1 Å². The van der Waals surface area contributed by atoms with Gasteiger partial charge in [-0.1, -0.05) is 151 Å². The van der Waals surface area contributed by atoms with E-state index in [1.807, 2.05) is 11.3 Å². The second kappa shape index (κ2) is 16.0. The predicted octanol–water partition coefficient (Wildman–Crippen LogP) is 19.1. The van der Waals surface area contributed by atoms with Gasteiger partial charge in [0.1, 0.15) is 0 Å². The number of hydrogen-bond acceptors (Lipinski definition) is 4. The molecule has 0 spiro atoms. The summed E-state index contributed by atoms with van der Waals surface area (Å²) in [6.07, 6.45) is 9.52. The summed E-state index contributed by atoms with van der Waals surface area (Å²) in [5.74, 6) is 0. The maximum Gasteiger partial charge on any atom is 0.264 e. The molecule has 4 aliphatic heterocycles. The van der Waals surface area contributed by atoms with Crippen molar-refractivity contribution in [3.8, 4) is 0 Å². The number of para-hydroxylation sites is 2. The highest BCUT2D eigenvalue weighted by molar-refractivity contribution is 7.33. The smallest absolute Gasteiger partial charge is 0.264 e. The van der Waals surface area contributed by atoms with Crippen LogP contribution in [-0.2, 0) is 49.7 Å². The van der Waals surface area contributed by atoms with E-state index in [0.29, 0.717) is 16.8 Å². The van der Waals surface area contributed by atoms with Gasteiger partial charge in [-0.2, -0.15) is 0 Å². The lowest BCUT2D eigenvalue weighted by Crippen LogP contribution is -2.61. The van der Waals surface area contributed by atoms with Crippen LogP contribution in [0.1, 0.15) is 221 Å². The van der Waals surface area contributed by atoms with Gasteiger partial charge >= 0.3 is 0 Å². The number of rotatable bonds is 2. The van der Waals surface area contributed by atoms with Crippen molar-refractivity contribution < 1.29 is 11.0 Å². The van der Waals surface area contributed by atoms with Crippen molar-refractivity contribution in [2.45, 2.75) is 204 Å². The second-order valence-corrected chi connectivity index (χ2v) is 32.0. The van der Waals surface area contributed by atoms with Crippen LogP contribution in [0.3, 0.4) is 0 Å². The fraction of sp³-hybridized carbons (Fsp3) is 0.421. The molecule has 0 amide bonds. The van der Waals surface area contributed by atoms with Crippen molar-refractivity contribution in [3.63, 3.8) is 0 Å². The highest BCUT2D eigenvalue weighted by atomic mass is 32.1. The molecule has 0 saturated carbocycles. The van der Waals surface area contributed by atoms with Gasteiger partial charge in [-0.3, -0.25) is 0 Å². The van der Waals surface area contributed by atoms with E-state index in [1.165, 1.54) is 64.8 Å². The Labute approximate surface area is 499 Å². The highest BCUT2D eigenvalue weighted by Crippen LogP contribution is 2.61. The van der Waals surface area contributed by atoms with Crippen molar-refractivity contribution in [2.24, 2.45) is 0 Å². The molecule has 410 valence electrons. The van der Waals surface area contributed by atoms with Gasteiger partial charge in [0.2, 0.25) is 0 Å². The SMILES string of the molecule is [2H]c1c([2H])c([2H])c2c(c1[2H])Cc1c([2H])c([2H])c([2H])c([2H])c1N2c1cc2c3c(c1)N1c4ccc5c(c4)C(C)(CCC5(C)C)CC4(C)CCC(C)(C)c5cc6sc(c1c6cc54)B3c1cc3c(cc1N2c1ccc2c(c1)C(C)(C)CCC2(C)C)C(C)(C)CCC3(C)C. The van der Waals surface area contributed by atoms with Crippen molar-refractivity contribution in [1.82, 2.24) is 0 Å². The zero-order valence-electron chi connectivity index (χ0n) is 58.3. The molecule has 5 heteroatoms. The molecular weight excluding hydrogens is 998 g/mol. The molecule has 8 aliphatic rings. The highest BCUT2D eigenvalue weighted by Gasteiger charge is 2.53. The Morgan fingerprint density at radius 1 is 0.407 bits per heavy atom. The normalized spacial score (nSPS) is 25.9. The number of fused-ring (bicyclic) bond motifs is 10. The van der Waals surface area contributed by atoms with Crippen molar-refractivity contribution in [1.29, 1.82) is 0 Å². The van der Waals surface area contributed by atoms with Gasteiger partial charge < -0.3 is 14.7 Å². The zero-order valence-corrected chi connectivity index (χ0v) is 51.1. The Bertz CT molecular complexity index is 4520. The van der Waals surface area contributed by atoms with E-state index in [9.17, 15) is 8.22 Å². The molecule has 4 aliphatic carbocycles. The Kier molecular flexibility index (Phi) is 8.43. The molecule has 2 unspecified atom stereocenters. The Balaban J connectivity index is 1.12. The third kappa shape index (κ3) is 6.88. The molecule has 3 nitrogen and oxygen atoms in total. The largest absolute Gasteiger partial charge is 0.311 e. The topological polar surface area (TPSA) is 9.72 Å². The molecule has 16 rings (SSSR count). The Hall–Kier alpha value is -6.04. The molecule has 5 heterocycles. The molecule has 2 atom stereocenters. The summed E-state index contributed by atoms with van der Waals surface area (Å²) in [6, 6.07) is 26.9. The Morgan fingerprint density at radius 3 is 1.44 bits per heavy atom. The van der Waals surface area contributed by atoms with Gasteiger partial charge in [-0.25, -0.2) is 0 Å². The zero-order chi connectivity index (χ0) is 63.0. The van der Waals surface area contributed by atoms with Crippen LogP contribution in [-0.4, -0.2) is 6.71 Å². The standard InChI is InChI=1S/C76H82BN3S/c1-69(2)27-28-71(5,6)53-36-47(23-25-51(53)69)78-62-42-55-54(72(7,8)29-30-73(55,9)10)41-59(62)77-66-63(78)38-49(79-60-21-17-15-19-45(60)35-46-20-16-18-22-61(46)79)39-64(66)80-48-24-26-52-57(37-48)75(13,33-31-70(52,3)4)44-76(14)34-32-74(11,12)56-43-65-50(40-58(56)76)67(80)68(77)81-65/h15-26,36-43H,27-35,44H2,1-14H3/i15D,16D,17D,18D,19D,20D,21D,22D. The monoisotopic (exact) mass is 1090 g/mol. The van der Waals surface area contributed by atoms with E-state index in [0.717, 1.165) is 97.4 Å². The number of nitrogens with zero attached hydrogens (tertiary/aromatic N) is 3. The lowest BCUT2D eigenvalue weighted by atomic mass is 9.35. The second-order valence-electron chi connectivity index (χ2n) is 30.9. The molecule has 0 fully saturated rings. The predicted molar refractivity (Wildman–Crippen MR) is 348 cm³/mol. The number of anilines is 9. The molecule has 1 aromatic heterocycles. The summed E-state index contributed by atoms with van der Waals surface area (Å²) in [5, 5.41) is 1.23. The summed E-state index contributed by atoms with van der Waals surface area (Å²) in [5.41, 5.74) is 20.6. The lowest BCUT2D eigenvalue weighted by molar-refractivity contribution is 0.208. The average molecular weight is 1090 g/mol. The summed E-state index contributed by atoms with van der Waals surface area (Å²) >= 11 is 1.95. The minimum atomic E-state index is -0.395. The maximum atomic E-state index is 9.95. The first kappa shape index (κ1) is 42.7. The molecule has 8 aromatic rings. The van der Waals surface area contributed by atoms with E-state index in [2.05, 4.69) is 180 Å². The quantitative estimate of drug-likeness (QED) is 0.160. The van der Waals surface area contributed by atoms with Crippen LogP contribution in [0, 0.1) is 0 Å². The average Bonchev–Trinajstić information content (AvgIpc) is 1.67. The van der Waals surface area contributed by atoms with E-state index in [1.54, 1.807) is 4.90 Å². The summed E-state index contributed by atoms with van der Waals surface area (Å²) in [7, 11) is 0. The minimum Gasteiger partial charge on any atom is -0.311 e. The first-order chi connectivity index (χ1) is 41.6. The summed E-state index contributed by atoms with van der Waals surface area (Å²) in [4.78, 5) is 6.89. The van der Waals surface area contributed by atoms with Crippen LogP contribution in [0.15, 0.2) is 121 Å². The Morgan fingerprint density at radius 2 is 0.852 bits per heavy atom. The first-order valence-electron chi connectivity index (χ1n) is 34.5. The van der Waals surface area contributed by atoms with Crippen LogP contribution < -0.4 is 30.4 Å². The van der Waals surface area contributed by atoms with Gasteiger partial charge in [-0.15, -0.1) is 11.3 Å². The van der Waals surface area contributed by atoms with E-state index in [-0.39, 0.29) is 104 Å². The number of benzene rings is 7. The molecule has 0 N–H and O–H groups in total. The third-order valence-corrected chi connectivity index (χ3v) is 24.0. The lowest BCUT2D eigenvalue weighted by Gasteiger charge is -2.51. The van der Waals surface area contributed by atoms with E-state index < -0.39 is 12.1 Å². The van der Waals surface area contributed by atoms with Gasteiger partial charge in [0.05, 0.1) is 22.3 Å². The molecule has 7 aromatic carbocycles.